The topological polar surface area (TPSA) is 99.3 Å². The van der Waals surface area contributed by atoms with Gasteiger partial charge in [-0.15, -0.1) is 0 Å². The smallest absolute Gasteiger partial charge is 0.354 e. The Morgan fingerprint density at radius 3 is 2.52 bits per heavy atom. The number of aromatic carboxylic acids is 1. The Bertz CT molecular complexity index is 812. The van der Waals surface area contributed by atoms with Crippen LogP contribution in [-0.2, 0) is 10.0 Å². The average molecular weight is 329 g/mol. The SMILES string of the molecule is Cc1ccc(S(=O)(=O)Nc2cc(C)[nH]c2C(=O)O)c(Cl)c1. The second kappa shape index (κ2) is 5.42. The number of carboxylic acids is 1. The van der Waals surface area contributed by atoms with Crippen molar-refractivity contribution >= 4 is 33.3 Å². The van der Waals surface area contributed by atoms with Gasteiger partial charge in [0.25, 0.3) is 10.0 Å². The summed E-state index contributed by atoms with van der Waals surface area (Å²) in [4.78, 5) is 13.6. The molecule has 112 valence electrons. The van der Waals surface area contributed by atoms with Crippen LogP contribution in [0.3, 0.4) is 0 Å². The summed E-state index contributed by atoms with van der Waals surface area (Å²) in [5.74, 6) is -1.25. The van der Waals surface area contributed by atoms with Gasteiger partial charge >= 0.3 is 5.97 Å². The molecule has 0 atom stereocenters. The number of benzene rings is 1. The minimum Gasteiger partial charge on any atom is -0.477 e. The molecule has 0 bridgehead atoms. The van der Waals surface area contributed by atoms with Gasteiger partial charge < -0.3 is 10.1 Å². The van der Waals surface area contributed by atoms with Crippen LogP contribution in [0.1, 0.15) is 21.7 Å². The molecule has 2 rings (SSSR count). The first-order chi connectivity index (χ1) is 9.70. The molecule has 1 heterocycles. The molecule has 1 aromatic carbocycles. The largest absolute Gasteiger partial charge is 0.477 e. The minimum atomic E-state index is -3.97. The lowest BCUT2D eigenvalue weighted by molar-refractivity contribution is 0.0692. The van der Waals surface area contributed by atoms with E-state index >= 15 is 0 Å². The van der Waals surface area contributed by atoms with E-state index in [1.54, 1.807) is 19.9 Å². The fourth-order valence-electron chi connectivity index (χ4n) is 1.86. The molecular formula is C13H13ClN2O4S. The molecule has 1 aromatic heterocycles. The number of carbonyl (C=O) groups is 1. The normalized spacial score (nSPS) is 11.4. The number of H-pyrrole nitrogens is 1. The summed E-state index contributed by atoms with van der Waals surface area (Å²) >= 11 is 5.94. The standard InChI is InChI=1S/C13H13ClN2O4S/c1-7-3-4-11(9(14)5-7)21(19,20)16-10-6-8(2)15-12(10)13(17)18/h3-6,15-16H,1-2H3,(H,17,18). The Hall–Kier alpha value is -1.99. The van der Waals surface area contributed by atoms with Gasteiger partial charge in [0.1, 0.15) is 10.6 Å². The number of anilines is 1. The van der Waals surface area contributed by atoms with E-state index in [9.17, 15) is 13.2 Å². The molecule has 2 aromatic rings. The first-order valence-corrected chi connectivity index (χ1v) is 7.78. The molecule has 0 spiro atoms. The fourth-order valence-corrected chi connectivity index (χ4v) is 3.53. The van der Waals surface area contributed by atoms with Gasteiger partial charge in [-0.1, -0.05) is 17.7 Å². The summed E-state index contributed by atoms with van der Waals surface area (Å²) in [6, 6.07) is 5.92. The van der Waals surface area contributed by atoms with Crippen molar-refractivity contribution in [3.8, 4) is 0 Å². The van der Waals surface area contributed by atoms with Crippen LogP contribution in [-0.4, -0.2) is 24.5 Å². The van der Waals surface area contributed by atoms with Gasteiger partial charge in [-0.25, -0.2) is 13.2 Å². The summed E-state index contributed by atoms with van der Waals surface area (Å²) in [7, 11) is -3.97. The number of rotatable bonds is 4. The predicted octanol–water partition coefficient (Wildman–Crippen LogP) is 2.78. The number of aryl methyl sites for hydroxylation is 2. The highest BCUT2D eigenvalue weighted by molar-refractivity contribution is 7.92. The van der Waals surface area contributed by atoms with Crippen molar-refractivity contribution < 1.29 is 18.3 Å². The first-order valence-electron chi connectivity index (χ1n) is 5.92. The number of carboxylic acid groups (broad SMARTS) is 1. The number of aromatic nitrogens is 1. The fraction of sp³-hybridized carbons (Fsp3) is 0.154. The summed E-state index contributed by atoms with van der Waals surface area (Å²) in [5, 5.41) is 9.12. The molecular weight excluding hydrogens is 316 g/mol. The lowest BCUT2D eigenvalue weighted by atomic mass is 10.2. The minimum absolute atomic E-state index is 0.0309. The molecule has 3 N–H and O–H groups in total. The van der Waals surface area contributed by atoms with Crippen LogP contribution in [0.25, 0.3) is 0 Å². The zero-order chi connectivity index (χ0) is 15.8. The number of sulfonamides is 1. The molecule has 0 fully saturated rings. The Morgan fingerprint density at radius 2 is 1.95 bits per heavy atom. The van der Waals surface area contributed by atoms with E-state index in [0.29, 0.717) is 5.69 Å². The maximum Gasteiger partial charge on any atom is 0.354 e. The van der Waals surface area contributed by atoms with E-state index in [4.69, 9.17) is 16.7 Å². The molecule has 21 heavy (non-hydrogen) atoms. The molecule has 0 aliphatic heterocycles. The highest BCUT2D eigenvalue weighted by Gasteiger charge is 2.22. The highest BCUT2D eigenvalue weighted by Crippen LogP contribution is 2.26. The average Bonchev–Trinajstić information content (AvgIpc) is 2.68. The second-order valence-corrected chi connectivity index (χ2v) is 6.64. The molecule has 8 heteroatoms. The van der Waals surface area contributed by atoms with Crippen LogP contribution in [0, 0.1) is 13.8 Å². The Morgan fingerprint density at radius 1 is 1.29 bits per heavy atom. The van der Waals surface area contributed by atoms with E-state index in [2.05, 4.69) is 9.71 Å². The van der Waals surface area contributed by atoms with Gasteiger partial charge in [-0.3, -0.25) is 4.72 Å². The van der Waals surface area contributed by atoms with Crippen molar-refractivity contribution in [1.29, 1.82) is 0 Å². The summed E-state index contributed by atoms with van der Waals surface area (Å²) < 4.78 is 26.9. The summed E-state index contributed by atoms with van der Waals surface area (Å²) in [6.07, 6.45) is 0. The zero-order valence-electron chi connectivity index (χ0n) is 11.3. The quantitative estimate of drug-likeness (QED) is 0.803. The molecule has 0 radical (unpaired) electrons. The lowest BCUT2D eigenvalue weighted by Crippen LogP contribution is -2.15. The van der Waals surface area contributed by atoms with E-state index in [1.807, 2.05) is 0 Å². The molecule has 0 saturated carbocycles. The molecule has 6 nitrogen and oxygen atoms in total. The predicted molar refractivity (Wildman–Crippen MR) is 79.5 cm³/mol. The number of hydrogen-bond acceptors (Lipinski definition) is 3. The van der Waals surface area contributed by atoms with Crippen molar-refractivity contribution in [2.45, 2.75) is 18.7 Å². The van der Waals surface area contributed by atoms with Crippen molar-refractivity contribution in [3.05, 3.63) is 46.2 Å². The number of aromatic amines is 1. The van der Waals surface area contributed by atoms with Gasteiger partial charge in [0.15, 0.2) is 0 Å². The van der Waals surface area contributed by atoms with Crippen LogP contribution in [0.5, 0.6) is 0 Å². The number of nitrogens with one attached hydrogen (secondary N) is 2. The van der Waals surface area contributed by atoms with Crippen molar-refractivity contribution in [3.63, 3.8) is 0 Å². The van der Waals surface area contributed by atoms with Gasteiger partial charge in [-0.05, 0) is 37.6 Å². The number of hydrogen-bond donors (Lipinski definition) is 3. The Labute approximate surface area is 126 Å². The van der Waals surface area contributed by atoms with Crippen molar-refractivity contribution in [1.82, 2.24) is 4.98 Å². The van der Waals surface area contributed by atoms with Gasteiger partial charge in [0.05, 0.1) is 10.7 Å². The van der Waals surface area contributed by atoms with Gasteiger partial charge in [0, 0.05) is 5.69 Å². The van der Waals surface area contributed by atoms with Crippen LogP contribution < -0.4 is 4.72 Å². The Balaban J connectivity index is 2.45. The molecule has 0 amide bonds. The third-order valence-electron chi connectivity index (χ3n) is 2.79. The van der Waals surface area contributed by atoms with E-state index in [0.717, 1.165) is 5.56 Å². The van der Waals surface area contributed by atoms with Gasteiger partial charge in [0.2, 0.25) is 0 Å². The zero-order valence-corrected chi connectivity index (χ0v) is 12.8. The third kappa shape index (κ3) is 3.20. The second-order valence-electron chi connectivity index (χ2n) is 4.59. The Kier molecular flexibility index (Phi) is 3.97. The van der Waals surface area contributed by atoms with E-state index in [1.165, 1.54) is 18.2 Å². The maximum absolute atomic E-state index is 12.3. The van der Waals surface area contributed by atoms with Crippen LogP contribution in [0.15, 0.2) is 29.2 Å². The van der Waals surface area contributed by atoms with Crippen molar-refractivity contribution in [2.24, 2.45) is 0 Å². The highest BCUT2D eigenvalue weighted by atomic mass is 35.5. The maximum atomic E-state index is 12.3. The molecule has 0 saturated heterocycles. The van der Waals surface area contributed by atoms with Gasteiger partial charge in [-0.2, -0.15) is 0 Å². The first kappa shape index (κ1) is 15.4. The third-order valence-corrected chi connectivity index (χ3v) is 4.64. The van der Waals surface area contributed by atoms with Crippen LogP contribution >= 0.6 is 11.6 Å². The monoisotopic (exact) mass is 328 g/mol. The van der Waals surface area contributed by atoms with E-state index in [-0.39, 0.29) is 21.3 Å². The van der Waals surface area contributed by atoms with E-state index < -0.39 is 16.0 Å². The number of halogens is 1. The molecule has 0 unspecified atom stereocenters. The molecule has 0 aliphatic rings. The summed E-state index contributed by atoms with van der Waals surface area (Å²) in [6.45, 7) is 3.41. The van der Waals surface area contributed by atoms with Crippen LogP contribution in [0.4, 0.5) is 5.69 Å². The van der Waals surface area contributed by atoms with Crippen LogP contribution in [0.2, 0.25) is 5.02 Å². The summed E-state index contributed by atoms with van der Waals surface area (Å²) in [5.41, 5.74) is 1.10. The molecule has 0 aliphatic carbocycles. The lowest BCUT2D eigenvalue weighted by Gasteiger charge is -2.09. The van der Waals surface area contributed by atoms with Crippen molar-refractivity contribution in [2.75, 3.05) is 4.72 Å².